The Morgan fingerprint density at radius 1 is 1.17 bits per heavy atom. The molecule has 0 aliphatic carbocycles. The molecule has 0 saturated heterocycles. The zero-order valence-corrected chi connectivity index (χ0v) is 12.3. The summed E-state index contributed by atoms with van der Waals surface area (Å²) in [5.74, 6) is 0. The van der Waals surface area contributed by atoms with Gasteiger partial charge in [-0.3, -0.25) is 4.57 Å². The second kappa shape index (κ2) is 5.98. The van der Waals surface area contributed by atoms with E-state index in [0.29, 0.717) is 19.4 Å². The molecule has 98 valence electrons. The van der Waals surface area contributed by atoms with Gasteiger partial charge in [0.25, 0.3) is 0 Å². The molecule has 0 amide bonds. The normalized spacial score (nSPS) is 12.1. The van der Waals surface area contributed by atoms with Gasteiger partial charge in [-0.1, -0.05) is 18.2 Å². The van der Waals surface area contributed by atoms with Gasteiger partial charge in [-0.05, 0) is 36.2 Å². The van der Waals surface area contributed by atoms with E-state index in [0.717, 1.165) is 10.9 Å². The van der Waals surface area contributed by atoms with E-state index in [1.165, 1.54) is 4.70 Å². The minimum atomic E-state index is -3.01. The molecule has 0 bridgehead atoms. The molecule has 1 aromatic heterocycles. The molecule has 0 fully saturated rings. The number of fused-ring (bicyclic) bond motifs is 1. The van der Waals surface area contributed by atoms with E-state index < -0.39 is 7.60 Å². The van der Waals surface area contributed by atoms with Gasteiger partial charge < -0.3 is 9.05 Å². The molecule has 1 heterocycles. The topological polar surface area (TPSA) is 35.5 Å². The first-order chi connectivity index (χ1) is 8.68. The average Bonchev–Trinajstić information content (AvgIpc) is 2.73. The van der Waals surface area contributed by atoms with Crippen LogP contribution in [-0.4, -0.2) is 13.2 Å². The summed E-state index contributed by atoms with van der Waals surface area (Å²) in [5.41, 5.74) is 1.04. The van der Waals surface area contributed by atoms with E-state index in [4.69, 9.17) is 9.05 Å². The fourth-order valence-electron chi connectivity index (χ4n) is 1.89. The lowest BCUT2D eigenvalue weighted by Crippen LogP contribution is -1.98. The molecule has 2 rings (SSSR count). The summed E-state index contributed by atoms with van der Waals surface area (Å²) in [5, 5.41) is 3.18. The summed E-state index contributed by atoms with van der Waals surface area (Å²) >= 11 is 1.66. The molecule has 0 spiro atoms. The first kappa shape index (κ1) is 13.8. The summed E-state index contributed by atoms with van der Waals surface area (Å²) < 4.78 is 24.3. The van der Waals surface area contributed by atoms with Crippen molar-refractivity contribution in [2.75, 3.05) is 13.2 Å². The lowest BCUT2D eigenvalue weighted by atomic mass is 10.2. The van der Waals surface area contributed by atoms with Crippen molar-refractivity contribution in [1.82, 2.24) is 0 Å². The van der Waals surface area contributed by atoms with Gasteiger partial charge in [-0.25, -0.2) is 0 Å². The molecular weight excluding hydrogens is 267 g/mol. The standard InChI is InChI=1S/C13H17O3PS/c1-3-15-17(14,16-4-2)9-11-10-18-13-8-6-5-7-12(11)13/h5-8,10H,3-4,9H2,1-2H3. The van der Waals surface area contributed by atoms with Crippen LogP contribution in [0.25, 0.3) is 10.1 Å². The van der Waals surface area contributed by atoms with Gasteiger partial charge in [-0.15, -0.1) is 11.3 Å². The van der Waals surface area contributed by atoms with Gasteiger partial charge in [0, 0.05) is 4.70 Å². The van der Waals surface area contributed by atoms with Crippen molar-refractivity contribution in [1.29, 1.82) is 0 Å². The number of rotatable bonds is 6. The number of hydrogen-bond donors (Lipinski definition) is 0. The molecule has 0 unspecified atom stereocenters. The van der Waals surface area contributed by atoms with Crippen molar-refractivity contribution in [3.63, 3.8) is 0 Å². The van der Waals surface area contributed by atoms with Crippen molar-refractivity contribution in [2.24, 2.45) is 0 Å². The van der Waals surface area contributed by atoms with Gasteiger partial charge in [0.2, 0.25) is 0 Å². The highest BCUT2D eigenvalue weighted by Crippen LogP contribution is 2.52. The quantitative estimate of drug-likeness (QED) is 0.723. The molecular formula is C13H17O3PS. The van der Waals surface area contributed by atoms with Crippen molar-refractivity contribution in [3.8, 4) is 0 Å². The minimum Gasteiger partial charge on any atom is -0.309 e. The Morgan fingerprint density at radius 3 is 2.50 bits per heavy atom. The van der Waals surface area contributed by atoms with Crippen LogP contribution in [0.3, 0.4) is 0 Å². The van der Waals surface area contributed by atoms with Crippen LogP contribution < -0.4 is 0 Å². The van der Waals surface area contributed by atoms with Crippen LogP contribution >= 0.6 is 18.9 Å². The Labute approximate surface area is 111 Å². The van der Waals surface area contributed by atoms with E-state index in [2.05, 4.69) is 6.07 Å². The van der Waals surface area contributed by atoms with E-state index in [1.54, 1.807) is 11.3 Å². The fourth-order valence-corrected chi connectivity index (χ4v) is 4.69. The molecule has 0 aliphatic rings. The summed E-state index contributed by atoms with van der Waals surface area (Å²) in [4.78, 5) is 0. The molecule has 1 aromatic carbocycles. The molecule has 5 heteroatoms. The molecule has 18 heavy (non-hydrogen) atoms. The highest BCUT2D eigenvalue weighted by atomic mass is 32.1. The maximum atomic E-state index is 12.5. The Kier molecular flexibility index (Phi) is 4.57. The van der Waals surface area contributed by atoms with Crippen LogP contribution in [0.2, 0.25) is 0 Å². The third-order valence-electron chi connectivity index (χ3n) is 2.58. The first-order valence-electron chi connectivity index (χ1n) is 6.01. The van der Waals surface area contributed by atoms with Crippen LogP contribution in [0.4, 0.5) is 0 Å². The van der Waals surface area contributed by atoms with Crippen molar-refractivity contribution in [2.45, 2.75) is 20.0 Å². The van der Waals surface area contributed by atoms with Crippen molar-refractivity contribution >= 4 is 29.0 Å². The van der Waals surface area contributed by atoms with E-state index in [9.17, 15) is 4.57 Å². The molecule has 0 radical (unpaired) electrons. The van der Waals surface area contributed by atoms with Crippen LogP contribution in [0.5, 0.6) is 0 Å². The van der Waals surface area contributed by atoms with Gasteiger partial charge in [0.15, 0.2) is 0 Å². The van der Waals surface area contributed by atoms with Gasteiger partial charge in [-0.2, -0.15) is 0 Å². The van der Waals surface area contributed by atoms with Crippen LogP contribution in [0, 0.1) is 0 Å². The molecule has 3 nitrogen and oxygen atoms in total. The van der Waals surface area contributed by atoms with Gasteiger partial charge in [0.1, 0.15) is 0 Å². The number of thiophene rings is 1. The van der Waals surface area contributed by atoms with Crippen LogP contribution in [0.15, 0.2) is 29.6 Å². The van der Waals surface area contributed by atoms with Crippen LogP contribution in [-0.2, 0) is 19.8 Å². The highest BCUT2D eigenvalue weighted by Gasteiger charge is 2.25. The highest BCUT2D eigenvalue weighted by molar-refractivity contribution is 7.53. The first-order valence-corrected chi connectivity index (χ1v) is 8.62. The lowest BCUT2D eigenvalue weighted by molar-refractivity contribution is 0.219. The maximum absolute atomic E-state index is 12.5. The maximum Gasteiger partial charge on any atom is 0.335 e. The molecule has 0 saturated carbocycles. The largest absolute Gasteiger partial charge is 0.335 e. The predicted molar refractivity (Wildman–Crippen MR) is 76.4 cm³/mol. The molecule has 2 aromatic rings. The Morgan fingerprint density at radius 2 is 1.83 bits per heavy atom. The Bertz CT molecular complexity index is 554. The van der Waals surface area contributed by atoms with Gasteiger partial charge in [0.05, 0.1) is 19.4 Å². The summed E-state index contributed by atoms with van der Waals surface area (Å²) in [6, 6.07) is 8.11. The summed E-state index contributed by atoms with van der Waals surface area (Å²) in [6.07, 6.45) is 0.346. The zero-order chi connectivity index (χ0) is 13.0. The van der Waals surface area contributed by atoms with Crippen molar-refractivity contribution in [3.05, 3.63) is 35.2 Å². The van der Waals surface area contributed by atoms with E-state index in [-0.39, 0.29) is 0 Å². The second-order valence-corrected chi connectivity index (χ2v) is 6.83. The van der Waals surface area contributed by atoms with Crippen molar-refractivity contribution < 1.29 is 13.6 Å². The number of hydrogen-bond acceptors (Lipinski definition) is 4. The fraction of sp³-hybridized carbons (Fsp3) is 0.385. The predicted octanol–water partition coefficient (Wildman–Crippen LogP) is 4.67. The zero-order valence-electron chi connectivity index (χ0n) is 10.6. The Balaban J connectivity index is 2.29. The van der Waals surface area contributed by atoms with E-state index >= 15 is 0 Å². The molecule has 0 aliphatic heterocycles. The molecule has 0 N–H and O–H groups in total. The van der Waals surface area contributed by atoms with Crippen LogP contribution in [0.1, 0.15) is 19.4 Å². The Hall–Kier alpha value is -0.670. The minimum absolute atomic E-state index is 0.346. The molecule has 0 atom stereocenters. The number of benzene rings is 1. The van der Waals surface area contributed by atoms with Gasteiger partial charge >= 0.3 is 7.60 Å². The summed E-state index contributed by atoms with van der Waals surface area (Å²) in [7, 11) is -3.01. The summed E-state index contributed by atoms with van der Waals surface area (Å²) in [6.45, 7) is 4.47. The third-order valence-corrected chi connectivity index (χ3v) is 5.62. The van der Waals surface area contributed by atoms with E-state index in [1.807, 2.05) is 37.4 Å². The average molecular weight is 284 g/mol. The SMILES string of the molecule is CCOP(=O)(Cc1csc2ccccc12)OCC. The second-order valence-electron chi connectivity index (χ2n) is 3.86. The smallest absolute Gasteiger partial charge is 0.309 e. The lowest BCUT2D eigenvalue weighted by Gasteiger charge is -2.16. The monoisotopic (exact) mass is 284 g/mol. The third kappa shape index (κ3) is 3.01.